The van der Waals surface area contributed by atoms with E-state index in [4.69, 9.17) is 9.72 Å². The minimum atomic E-state index is 0.732. The molecule has 0 radical (unpaired) electrons. The Kier molecular flexibility index (Phi) is 4.15. The third kappa shape index (κ3) is 3.10. The van der Waals surface area contributed by atoms with Crippen LogP contribution < -0.4 is 4.74 Å². The number of methoxy groups -OCH3 is 1. The first-order chi connectivity index (χ1) is 12.2. The highest BCUT2D eigenvalue weighted by Crippen LogP contribution is 2.25. The van der Waals surface area contributed by atoms with Crippen molar-refractivity contribution in [3.05, 3.63) is 60.7 Å². The zero-order chi connectivity index (χ0) is 17.2. The Hall–Kier alpha value is -2.80. The van der Waals surface area contributed by atoms with E-state index >= 15 is 0 Å². The lowest BCUT2D eigenvalue weighted by Crippen LogP contribution is -2.01. The Morgan fingerprint density at radius 3 is 2.56 bits per heavy atom. The van der Waals surface area contributed by atoms with Crippen molar-refractivity contribution in [1.29, 1.82) is 0 Å². The maximum atomic E-state index is 5.20. The number of hydrogen-bond donors (Lipinski definition) is 0. The van der Waals surface area contributed by atoms with Crippen LogP contribution in [0.5, 0.6) is 5.75 Å². The molecule has 0 atom stereocenters. The molecule has 6 nitrogen and oxygen atoms in total. The second kappa shape index (κ2) is 6.60. The summed E-state index contributed by atoms with van der Waals surface area (Å²) in [5.74, 6) is 2.45. The number of hydrogen-bond acceptors (Lipinski definition) is 5. The first-order valence-electron chi connectivity index (χ1n) is 7.83. The van der Waals surface area contributed by atoms with Gasteiger partial charge in [-0.1, -0.05) is 23.9 Å². The van der Waals surface area contributed by atoms with Gasteiger partial charge in [0.15, 0.2) is 22.1 Å². The molecule has 25 heavy (non-hydrogen) atoms. The topological polar surface area (TPSA) is 57.8 Å². The maximum absolute atomic E-state index is 5.20. The third-order valence-corrected chi connectivity index (χ3v) is 4.82. The molecule has 0 bridgehead atoms. The van der Waals surface area contributed by atoms with Gasteiger partial charge in [0.05, 0.1) is 13.4 Å². The van der Waals surface area contributed by atoms with Gasteiger partial charge < -0.3 is 13.9 Å². The molecule has 4 aromatic rings. The molecule has 0 spiro atoms. The predicted molar refractivity (Wildman–Crippen MR) is 98.2 cm³/mol. The van der Waals surface area contributed by atoms with E-state index in [2.05, 4.69) is 22.1 Å². The van der Waals surface area contributed by atoms with Crippen molar-refractivity contribution in [2.24, 2.45) is 7.05 Å². The zero-order valence-electron chi connectivity index (χ0n) is 14.0. The summed E-state index contributed by atoms with van der Waals surface area (Å²) in [7, 11) is 3.61. The molecule has 0 aliphatic rings. The van der Waals surface area contributed by atoms with Gasteiger partial charge in [0.2, 0.25) is 0 Å². The number of fused-ring (bicyclic) bond motifs is 1. The molecular formula is C18H17N5OS. The van der Waals surface area contributed by atoms with Gasteiger partial charge in [-0.25, -0.2) is 15.0 Å². The summed E-state index contributed by atoms with van der Waals surface area (Å²) in [6.45, 7) is 0. The summed E-state index contributed by atoms with van der Waals surface area (Å²) in [4.78, 5) is 13.8. The predicted octanol–water partition coefficient (Wildman–Crippen LogP) is 3.45. The van der Waals surface area contributed by atoms with Gasteiger partial charge >= 0.3 is 0 Å². The highest BCUT2D eigenvalue weighted by molar-refractivity contribution is 7.98. The van der Waals surface area contributed by atoms with Crippen LogP contribution in [0.25, 0.3) is 17.0 Å². The number of thioether (sulfide) groups is 1. The van der Waals surface area contributed by atoms with Gasteiger partial charge in [-0.2, -0.15) is 0 Å². The van der Waals surface area contributed by atoms with E-state index in [1.807, 2.05) is 52.8 Å². The number of ether oxygens (including phenoxy) is 1. The largest absolute Gasteiger partial charge is 0.497 e. The fourth-order valence-electron chi connectivity index (χ4n) is 2.56. The van der Waals surface area contributed by atoms with Crippen molar-refractivity contribution in [2.75, 3.05) is 7.11 Å². The van der Waals surface area contributed by atoms with Crippen LogP contribution in [-0.4, -0.2) is 31.2 Å². The number of nitrogens with zero attached hydrogens (tertiary/aromatic N) is 5. The minimum Gasteiger partial charge on any atom is -0.497 e. The zero-order valence-corrected chi connectivity index (χ0v) is 14.8. The molecular weight excluding hydrogens is 334 g/mol. The molecule has 0 saturated heterocycles. The Bertz CT molecular complexity index is 992. The van der Waals surface area contributed by atoms with Crippen molar-refractivity contribution in [1.82, 2.24) is 24.1 Å². The number of aromatic nitrogens is 5. The van der Waals surface area contributed by atoms with Gasteiger partial charge in [0, 0.05) is 25.2 Å². The van der Waals surface area contributed by atoms with Gasteiger partial charge in [0.25, 0.3) is 0 Å². The summed E-state index contributed by atoms with van der Waals surface area (Å²) in [6.07, 6.45) is 5.70. The Morgan fingerprint density at radius 1 is 1.08 bits per heavy atom. The average molecular weight is 351 g/mol. The van der Waals surface area contributed by atoms with Crippen LogP contribution in [-0.2, 0) is 12.8 Å². The monoisotopic (exact) mass is 351 g/mol. The van der Waals surface area contributed by atoms with Crippen LogP contribution in [0.3, 0.4) is 0 Å². The van der Waals surface area contributed by atoms with E-state index < -0.39 is 0 Å². The summed E-state index contributed by atoms with van der Waals surface area (Å²) >= 11 is 1.61. The molecule has 0 amide bonds. The van der Waals surface area contributed by atoms with Crippen LogP contribution in [0, 0.1) is 0 Å². The van der Waals surface area contributed by atoms with Crippen LogP contribution in [0.4, 0.5) is 0 Å². The van der Waals surface area contributed by atoms with Crippen LogP contribution >= 0.6 is 11.8 Å². The molecule has 126 valence electrons. The fourth-order valence-corrected chi connectivity index (χ4v) is 3.35. The average Bonchev–Trinajstić information content (AvgIpc) is 3.30. The molecule has 3 aromatic heterocycles. The quantitative estimate of drug-likeness (QED) is 0.407. The van der Waals surface area contributed by atoms with E-state index in [1.165, 1.54) is 5.56 Å². The van der Waals surface area contributed by atoms with Crippen LogP contribution in [0.15, 0.2) is 60.3 Å². The Morgan fingerprint density at radius 2 is 1.84 bits per heavy atom. The first kappa shape index (κ1) is 15.7. The van der Waals surface area contributed by atoms with Crippen molar-refractivity contribution < 1.29 is 4.74 Å². The summed E-state index contributed by atoms with van der Waals surface area (Å²) < 4.78 is 9.08. The van der Waals surface area contributed by atoms with Gasteiger partial charge in [0.1, 0.15) is 5.75 Å². The van der Waals surface area contributed by atoms with Gasteiger partial charge in [-0.3, -0.25) is 0 Å². The molecule has 0 fully saturated rings. The summed E-state index contributed by atoms with van der Waals surface area (Å²) in [5, 5.41) is 0.732. The van der Waals surface area contributed by atoms with Crippen molar-refractivity contribution >= 4 is 22.9 Å². The highest BCUT2D eigenvalue weighted by Gasteiger charge is 2.13. The normalized spacial score (nSPS) is 11.1. The lowest BCUT2D eigenvalue weighted by Gasteiger charge is -2.07. The number of rotatable bonds is 5. The van der Waals surface area contributed by atoms with E-state index in [9.17, 15) is 0 Å². The number of imidazole rings is 1. The summed E-state index contributed by atoms with van der Waals surface area (Å²) in [5.41, 5.74) is 2.82. The highest BCUT2D eigenvalue weighted by atomic mass is 32.2. The SMILES string of the molecule is COc1ccc(CSc2nc(-n3cccc3)c3ncn(C)c3n2)cc1. The van der Waals surface area contributed by atoms with Crippen molar-refractivity contribution in [3.63, 3.8) is 0 Å². The number of benzene rings is 1. The minimum absolute atomic E-state index is 0.732. The van der Waals surface area contributed by atoms with Crippen LogP contribution in [0.1, 0.15) is 5.56 Å². The molecule has 0 aliphatic carbocycles. The first-order valence-corrected chi connectivity index (χ1v) is 8.81. The van der Waals surface area contributed by atoms with E-state index in [-0.39, 0.29) is 0 Å². The molecule has 7 heteroatoms. The van der Waals surface area contributed by atoms with Crippen molar-refractivity contribution in [3.8, 4) is 11.6 Å². The standard InChI is InChI=1S/C18H17N5OS/c1-22-12-19-15-16(22)20-18(21-17(15)23-9-3-4-10-23)25-11-13-5-7-14(24-2)8-6-13/h3-10,12H,11H2,1-2H3. The third-order valence-electron chi connectivity index (χ3n) is 3.90. The van der Waals surface area contributed by atoms with Crippen LogP contribution in [0.2, 0.25) is 0 Å². The fraction of sp³-hybridized carbons (Fsp3) is 0.167. The summed E-state index contributed by atoms with van der Waals surface area (Å²) in [6, 6.07) is 12.0. The van der Waals surface area contributed by atoms with E-state index in [1.54, 1.807) is 25.2 Å². The Balaban J connectivity index is 1.66. The second-order valence-corrected chi connectivity index (χ2v) is 6.53. The lowest BCUT2D eigenvalue weighted by atomic mass is 10.2. The van der Waals surface area contributed by atoms with Gasteiger partial charge in [-0.15, -0.1) is 0 Å². The molecule has 0 saturated carbocycles. The maximum Gasteiger partial charge on any atom is 0.192 e. The molecule has 1 aromatic carbocycles. The second-order valence-electron chi connectivity index (χ2n) is 5.58. The molecule has 3 heterocycles. The molecule has 4 rings (SSSR count). The van der Waals surface area contributed by atoms with E-state index in [0.717, 1.165) is 33.6 Å². The molecule has 0 aliphatic heterocycles. The van der Waals surface area contributed by atoms with Crippen molar-refractivity contribution in [2.45, 2.75) is 10.9 Å². The van der Waals surface area contributed by atoms with Gasteiger partial charge in [-0.05, 0) is 29.8 Å². The lowest BCUT2D eigenvalue weighted by molar-refractivity contribution is 0.414. The number of aryl methyl sites for hydroxylation is 1. The smallest absolute Gasteiger partial charge is 0.192 e. The molecule has 0 N–H and O–H groups in total. The Labute approximate surface area is 149 Å². The van der Waals surface area contributed by atoms with E-state index in [0.29, 0.717) is 0 Å². The molecule has 0 unspecified atom stereocenters.